The molecule has 142 valence electrons. The normalized spacial score (nSPS) is 11.3. The third-order valence-electron chi connectivity index (χ3n) is 2.46. The summed E-state index contributed by atoms with van der Waals surface area (Å²) in [6.45, 7) is 4.16. The van der Waals surface area contributed by atoms with E-state index in [1.165, 1.54) is 0 Å². The number of hydrogen-bond donors (Lipinski definition) is 3. The topological polar surface area (TPSA) is 122 Å². The second-order valence-corrected chi connectivity index (χ2v) is 7.35. The van der Waals surface area contributed by atoms with Crippen molar-refractivity contribution in [1.29, 1.82) is 0 Å². The first kappa shape index (κ1) is 21.3. The van der Waals surface area contributed by atoms with Gasteiger partial charge < -0.3 is 9.84 Å². The maximum Gasteiger partial charge on any atom is 0.422 e. The summed E-state index contributed by atoms with van der Waals surface area (Å²) in [6, 6.07) is 1.40. The van der Waals surface area contributed by atoms with Crippen LogP contribution in [0.15, 0.2) is 12.1 Å². The molecule has 0 bridgehead atoms. The fraction of sp³-hybridized carbons (Fsp3) is 0.333. The van der Waals surface area contributed by atoms with E-state index in [0.717, 1.165) is 0 Å². The minimum absolute atomic E-state index is 0.190. The molecule has 0 aliphatic rings. The van der Waals surface area contributed by atoms with Crippen LogP contribution in [0, 0.1) is 23.5 Å². The number of carboxylic acids is 1. The fourth-order valence-corrected chi connectivity index (χ4v) is 2.17. The lowest BCUT2D eigenvalue weighted by Crippen LogP contribution is -2.42. The SMILES string of the molecule is CC(C)(C)OC(=O)NS(=O)(=O)NCC#Cc1cc(F)c(C(=O)O)c(F)c1. The van der Waals surface area contributed by atoms with E-state index >= 15 is 0 Å². The Morgan fingerprint density at radius 2 is 1.77 bits per heavy atom. The van der Waals surface area contributed by atoms with Crippen molar-refractivity contribution >= 4 is 22.3 Å². The number of nitrogens with one attached hydrogen (secondary N) is 2. The predicted octanol–water partition coefficient (Wildman–Crippen LogP) is 1.37. The molecule has 0 radical (unpaired) electrons. The molecule has 0 unspecified atom stereocenters. The molecule has 11 heteroatoms. The van der Waals surface area contributed by atoms with Gasteiger partial charge in [0.15, 0.2) is 0 Å². The summed E-state index contributed by atoms with van der Waals surface area (Å²) in [5.41, 5.74) is -2.20. The molecule has 3 N–H and O–H groups in total. The van der Waals surface area contributed by atoms with E-state index in [2.05, 4.69) is 11.8 Å². The highest BCUT2D eigenvalue weighted by atomic mass is 32.2. The molecule has 1 amide bonds. The second kappa shape index (κ2) is 8.11. The first-order valence-electron chi connectivity index (χ1n) is 7.02. The molecule has 0 spiro atoms. The van der Waals surface area contributed by atoms with Crippen molar-refractivity contribution in [3.8, 4) is 11.8 Å². The van der Waals surface area contributed by atoms with Crippen LogP contribution in [0.4, 0.5) is 13.6 Å². The Balaban J connectivity index is 2.72. The zero-order valence-corrected chi connectivity index (χ0v) is 14.8. The number of aromatic carboxylic acids is 1. The van der Waals surface area contributed by atoms with Crippen LogP contribution in [0.25, 0.3) is 0 Å². The largest absolute Gasteiger partial charge is 0.477 e. The molecule has 26 heavy (non-hydrogen) atoms. The number of benzene rings is 1. The van der Waals surface area contributed by atoms with Crippen LogP contribution in [-0.4, -0.2) is 37.7 Å². The van der Waals surface area contributed by atoms with E-state index in [-0.39, 0.29) is 5.56 Å². The average Bonchev–Trinajstić information content (AvgIpc) is 2.39. The quantitative estimate of drug-likeness (QED) is 0.668. The summed E-state index contributed by atoms with van der Waals surface area (Å²) in [4.78, 5) is 22.0. The van der Waals surface area contributed by atoms with Crippen LogP contribution in [0.2, 0.25) is 0 Å². The lowest BCUT2D eigenvalue weighted by atomic mass is 10.1. The Kier molecular flexibility index (Phi) is 6.66. The Bertz CT molecular complexity index is 859. The van der Waals surface area contributed by atoms with Crippen molar-refractivity contribution in [1.82, 2.24) is 9.44 Å². The van der Waals surface area contributed by atoms with Crippen LogP contribution in [0.3, 0.4) is 0 Å². The van der Waals surface area contributed by atoms with Gasteiger partial charge in [-0.15, -0.1) is 0 Å². The minimum atomic E-state index is -4.24. The number of halogens is 2. The number of ether oxygens (including phenoxy) is 1. The average molecular weight is 390 g/mol. The van der Waals surface area contributed by atoms with Gasteiger partial charge in [0, 0.05) is 5.56 Å². The van der Waals surface area contributed by atoms with Crippen molar-refractivity contribution in [2.45, 2.75) is 26.4 Å². The predicted molar refractivity (Wildman–Crippen MR) is 86.5 cm³/mol. The smallest absolute Gasteiger partial charge is 0.422 e. The number of carboxylic acid groups (broad SMARTS) is 1. The van der Waals surface area contributed by atoms with Crippen LogP contribution in [0.1, 0.15) is 36.7 Å². The summed E-state index contributed by atoms with van der Waals surface area (Å²) in [7, 11) is -4.24. The molecular formula is C15H16F2N2O6S. The standard InChI is InChI=1S/C15H16F2N2O6S/c1-15(2,3)25-14(22)19-26(23,24)18-6-4-5-9-7-10(16)12(13(20)21)11(17)8-9/h7-8,18H,6H2,1-3H3,(H,19,22)(H,20,21). The highest BCUT2D eigenvalue weighted by Crippen LogP contribution is 2.14. The van der Waals surface area contributed by atoms with Gasteiger partial charge in [-0.2, -0.15) is 13.1 Å². The number of hydrogen-bond acceptors (Lipinski definition) is 5. The summed E-state index contributed by atoms with van der Waals surface area (Å²) in [6.07, 6.45) is -1.19. The summed E-state index contributed by atoms with van der Waals surface area (Å²) in [5, 5.41) is 8.65. The van der Waals surface area contributed by atoms with Gasteiger partial charge in [-0.1, -0.05) is 11.8 Å². The molecule has 0 saturated heterocycles. The number of carbonyl (C=O) groups is 2. The molecule has 0 aromatic heterocycles. The van der Waals surface area contributed by atoms with Crippen LogP contribution in [-0.2, 0) is 14.9 Å². The third-order valence-corrected chi connectivity index (χ3v) is 3.42. The van der Waals surface area contributed by atoms with Gasteiger partial charge in [-0.25, -0.2) is 23.1 Å². The van der Waals surface area contributed by atoms with Crippen molar-refractivity contribution in [3.05, 3.63) is 34.9 Å². The Morgan fingerprint density at radius 3 is 2.23 bits per heavy atom. The van der Waals surface area contributed by atoms with Crippen molar-refractivity contribution in [2.75, 3.05) is 6.54 Å². The number of carbonyl (C=O) groups excluding carboxylic acids is 1. The molecular weight excluding hydrogens is 374 g/mol. The van der Waals surface area contributed by atoms with Crippen LogP contribution >= 0.6 is 0 Å². The molecule has 0 fully saturated rings. The molecule has 1 aromatic carbocycles. The van der Waals surface area contributed by atoms with Crippen molar-refractivity contribution in [2.24, 2.45) is 0 Å². The monoisotopic (exact) mass is 390 g/mol. The zero-order valence-electron chi connectivity index (χ0n) is 14.0. The van der Waals surface area contributed by atoms with E-state index in [1.807, 2.05) is 4.72 Å². The lowest BCUT2D eigenvalue weighted by Gasteiger charge is -2.19. The molecule has 0 atom stereocenters. The Labute approximate surface area is 148 Å². The number of amides is 1. The van der Waals surface area contributed by atoms with Gasteiger partial charge in [-0.3, -0.25) is 0 Å². The molecule has 0 saturated carbocycles. The van der Waals surface area contributed by atoms with E-state index < -0.39 is 51.6 Å². The molecule has 0 aliphatic carbocycles. The van der Waals surface area contributed by atoms with Crippen molar-refractivity contribution < 1.29 is 36.6 Å². The van der Waals surface area contributed by atoms with Gasteiger partial charge in [0.2, 0.25) is 0 Å². The maximum atomic E-state index is 13.5. The summed E-state index contributed by atoms with van der Waals surface area (Å²) >= 11 is 0. The minimum Gasteiger partial charge on any atom is -0.477 e. The molecule has 1 aromatic rings. The molecule has 8 nitrogen and oxygen atoms in total. The van der Waals surface area contributed by atoms with Gasteiger partial charge >= 0.3 is 22.3 Å². The van der Waals surface area contributed by atoms with E-state index in [9.17, 15) is 26.8 Å². The highest BCUT2D eigenvalue weighted by Gasteiger charge is 2.20. The van der Waals surface area contributed by atoms with Gasteiger partial charge in [0.05, 0.1) is 6.54 Å². The molecule has 0 heterocycles. The first-order valence-corrected chi connectivity index (χ1v) is 8.50. The maximum absolute atomic E-state index is 13.5. The van der Waals surface area contributed by atoms with Crippen LogP contribution < -0.4 is 9.44 Å². The van der Waals surface area contributed by atoms with E-state index in [4.69, 9.17) is 9.84 Å². The Morgan fingerprint density at radius 1 is 1.23 bits per heavy atom. The molecule has 0 aliphatic heterocycles. The summed E-state index contributed by atoms with van der Waals surface area (Å²) in [5.74, 6) is 0.146. The van der Waals surface area contributed by atoms with E-state index in [1.54, 1.807) is 25.5 Å². The van der Waals surface area contributed by atoms with Crippen LogP contribution in [0.5, 0.6) is 0 Å². The zero-order chi connectivity index (χ0) is 20.1. The second-order valence-electron chi connectivity index (χ2n) is 5.85. The highest BCUT2D eigenvalue weighted by molar-refractivity contribution is 7.88. The van der Waals surface area contributed by atoms with Gasteiger partial charge in [0.1, 0.15) is 22.8 Å². The number of rotatable bonds is 4. The first-order chi connectivity index (χ1) is 11.8. The summed E-state index contributed by atoms with van der Waals surface area (Å²) < 4.78 is 58.4. The van der Waals surface area contributed by atoms with Gasteiger partial charge in [-0.05, 0) is 32.9 Å². The Hall–Kier alpha value is -2.71. The van der Waals surface area contributed by atoms with E-state index in [0.29, 0.717) is 12.1 Å². The fourth-order valence-electron chi connectivity index (χ4n) is 1.57. The van der Waals surface area contributed by atoms with Gasteiger partial charge in [0.25, 0.3) is 0 Å². The molecule has 1 rings (SSSR count). The lowest BCUT2D eigenvalue weighted by molar-refractivity contribution is 0.0568. The third kappa shape index (κ3) is 7.04. The van der Waals surface area contributed by atoms with Crippen molar-refractivity contribution in [3.63, 3.8) is 0 Å².